The molecule has 0 saturated carbocycles. The molecule has 0 radical (unpaired) electrons. The van der Waals surface area contributed by atoms with Crippen molar-refractivity contribution in [1.82, 2.24) is 9.97 Å². The Morgan fingerprint density at radius 1 is 1.00 bits per heavy atom. The minimum atomic E-state index is 0.761. The van der Waals surface area contributed by atoms with Gasteiger partial charge in [0.25, 0.3) is 0 Å². The largest absolute Gasteiger partial charge is 0.399 e. The van der Waals surface area contributed by atoms with Gasteiger partial charge in [-0.05, 0) is 42.8 Å². The van der Waals surface area contributed by atoms with Gasteiger partial charge in [-0.15, -0.1) is 0 Å². The number of rotatable bonds is 4. The number of fused-ring (bicyclic) bond motifs is 1. The number of hydrogen-bond donors (Lipinski definition) is 1. The summed E-state index contributed by atoms with van der Waals surface area (Å²) in [5.74, 6) is 1.82. The minimum absolute atomic E-state index is 0.761. The van der Waals surface area contributed by atoms with E-state index in [2.05, 4.69) is 22.9 Å². The Hall–Kier alpha value is -2.62. The van der Waals surface area contributed by atoms with Crippen LogP contribution in [-0.4, -0.2) is 17.0 Å². The number of aryl methyl sites for hydroxylation is 1. The van der Waals surface area contributed by atoms with Gasteiger partial charge in [-0.25, -0.2) is 9.97 Å². The van der Waals surface area contributed by atoms with E-state index in [1.807, 2.05) is 49.5 Å². The molecule has 22 heavy (non-hydrogen) atoms. The van der Waals surface area contributed by atoms with Crippen molar-refractivity contribution in [3.63, 3.8) is 0 Å². The highest BCUT2D eigenvalue weighted by Crippen LogP contribution is 2.29. The molecule has 4 heteroatoms. The van der Waals surface area contributed by atoms with Crippen LogP contribution in [0, 0.1) is 0 Å². The molecule has 3 rings (SSSR count). The standard InChI is InChI=1S/C18H20N4/c1-3-6-17-20-16-8-5-4-7-15(16)18(21-17)22(2)14-11-9-13(19)10-12-14/h4-5,7-12H,3,6,19H2,1-2H3. The van der Waals surface area contributed by atoms with Crippen molar-refractivity contribution >= 4 is 28.1 Å². The number of benzene rings is 2. The molecule has 0 aliphatic rings. The van der Waals surface area contributed by atoms with E-state index in [0.29, 0.717) is 0 Å². The molecule has 3 aromatic rings. The number of para-hydroxylation sites is 1. The lowest BCUT2D eigenvalue weighted by molar-refractivity contribution is 0.841. The van der Waals surface area contributed by atoms with Gasteiger partial charge in [-0.2, -0.15) is 0 Å². The second-order valence-electron chi connectivity index (χ2n) is 5.38. The SMILES string of the molecule is CCCc1nc(N(C)c2ccc(N)cc2)c2ccccc2n1. The van der Waals surface area contributed by atoms with E-state index in [-0.39, 0.29) is 0 Å². The molecular weight excluding hydrogens is 272 g/mol. The molecule has 0 aliphatic carbocycles. The van der Waals surface area contributed by atoms with Crippen molar-refractivity contribution in [2.75, 3.05) is 17.7 Å². The summed E-state index contributed by atoms with van der Waals surface area (Å²) in [5.41, 5.74) is 8.58. The zero-order valence-corrected chi connectivity index (χ0v) is 13.0. The summed E-state index contributed by atoms with van der Waals surface area (Å²) in [6.45, 7) is 2.14. The van der Waals surface area contributed by atoms with E-state index in [9.17, 15) is 0 Å². The van der Waals surface area contributed by atoms with Crippen molar-refractivity contribution < 1.29 is 0 Å². The van der Waals surface area contributed by atoms with E-state index >= 15 is 0 Å². The molecule has 1 heterocycles. The molecule has 0 saturated heterocycles. The fourth-order valence-corrected chi connectivity index (χ4v) is 2.52. The van der Waals surface area contributed by atoms with Crippen LogP contribution in [-0.2, 0) is 6.42 Å². The van der Waals surface area contributed by atoms with Gasteiger partial charge in [0.15, 0.2) is 0 Å². The van der Waals surface area contributed by atoms with Crippen LogP contribution in [0.25, 0.3) is 10.9 Å². The van der Waals surface area contributed by atoms with Gasteiger partial charge in [0.05, 0.1) is 5.52 Å². The monoisotopic (exact) mass is 292 g/mol. The highest BCUT2D eigenvalue weighted by atomic mass is 15.2. The van der Waals surface area contributed by atoms with Gasteiger partial charge in [0, 0.05) is 30.2 Å². The Bertz CT molecular complexity index is 781. The molecule has 0 atom stereocenters. The molecule has 4 nitrogen and oxygen atoms in total. The fraction of sp³-hybridized carbons (Fsp3) is 0.222. The van der Waals surface area contributed by atoms with E-state index < -0.39 is 0 Å². The molecule has 1 aromatic heterocycles. The van der Waals surface area contributed by atoms with Crippen LogP contribution in [0.2, 0.25) is 0 Å². The molecule has 0 spiro atoms. The Morgan fingerprint density at radius 2 is 1.73 bits per heavy atom. The maximum Gasteiger partial charge on any atom is 0.144 e. The first kappa shape index (κ1) is 14.3. The average Bonchev–Trinajstić information content (AvgIpc) is 2.54. The molecule has 0 amide bonds. The highest BCUT2D eigenvalue weighted by molar-refractivity contribution is 5.91. The molecule has 2 aromatic carbocycles. The third-order valence-electron chi connectivity index (χ3n) is 3.70. The molecule has 0 bridgehead atoms. The summed E-state index contributed by atoms with van der Waals surface area (Å²) in [6.07, 6.45) is 1.91. The highest BCUT2D eigenvalue weighted by Gasteiger charge is 2.12. The second-order valence-corrected chi connectivity index (χ2v) is 5.38. The quantitative estimate of drug-likeness (QED) is 0.740. The van der Waals surface area contributed by atoms with Crippen molar-refractivity contribution in [3.8, 4) is 0 Å². The van der Waals surface area contributed by atoms with Crippen LogP contribution in [0.3, 0.4) is 0 Å². The maximum absolute atomic E-state index is 5.78. The predicted molar refractivity (Wildman–Crippen MR) is 92.5 cm³/mol. The van der Waals surface area contributed by atoms with Crippen LogP contribution in [0.4, 0.5) is 17.2 Å². The zero-order chi connectivity index (χ0) is 15.5. The molecule has 0 aliphatic heterocycles. The van der Waals surface area contributed by atoms with E-state index in [1.165, 1.54) is 0 Å². The van der Waals surface area contributed by atoms with E-state index in [1.54, 1.807) is 0 Å². The lowest BCUT2D eigenvalue weighted by Gasteiger charge is -2.21. The maximum atomic E-state index is 5.78. The normalized spacial score (nSPS) is 10.8. The van der Waals surface area contributed by atoms with Crippen molar-refractivity contribution in [2.24, 2.45) is 0 Å². The first-order valence-electron chi connectivity index (χ1n) is 7.54. The molecule has 0 fully saturated rings. The lowest BCUT2D eigenvalue weighted by atomic mass is 10.2. The number of nitrogens with zero attached hydrogens (tertiary/aromatic N) is 3. The van der Waals surface area contributed by atoms with E-state index in [0.717, 1.165) is 46.8 Å². The summed E-state index contributed by atoms with van der Waals surface area (Å²) < 4.78 is 0. The lowest BCUT2D eigenvalue weighted by Crippen LogP contribution is -2.13. The summed E-state index contributed by atoms with van der Waals surface area (Å²) in [5, 5.41) is 1.06. The van der Waals surface area contributed by atoms with Gasteiger partial charge in [-0.1, -0.05) is 19.1 Å². The van der Waals surface area contributed by atoms with Crippen LogP contribution in [0.5, 0.6) is 0 Å². The minimum Gasteiger partial charge on any atom is -0.399 e. The van der Waals surface area contributed by atoms with Crippen LogP contribution in [0.15, 0.2) is 48.5 Å². The van der Waals surface area contributed by atoms with E-state index in [4.69, 9.17) is 10.7 Å². The Balaban J connectivity index is 2.13. The van der Waals surface area contributed by atoms with Crippen molar-refractivity contribution in [2.45, 2.75) is 19.8 Å². The number of nitrogens with two attached hydrogens (primary N) is 1. The number of anilines is 3. The Kier molecular flexibility index (Phi) is 3.92. The van der Waals surface area contributed by atoms with Gasteiger partial charge in [0.1, 0.15) is 11.6 Å². The van der Waals surface area contributed by atoms with Crippen molar-refractivity contribution in [1.29, 1.82) is 0 Å². The summed E-state index contributed by atoms with van der Waals surface area (Å²) >= 11 is 0. The third-order valence-corrected chi connectivity index (χ3v) is 3.70. The zero-order valence-electron chi connectivity index (χ0n) is 13.0. The van der Waals surface area contributed by atoms with Crippen LogP contribution in [0.1, 0.15) is 19.2 Å². The number of aromatic nitrogens is 2. The second kappa shape index (κ2) is 6.02. The first-order valence-corrected chi connectivity index (χ1v) is 7.54. The molecular formula is C18H20N4. The average molecular weight is 292 g/mol. The number of nitrogen functional groups attached to an aromatic ring is 1. The fourth-order valence-electron chi connectivity index (χ4n) is 2.52. The number of hydrogen-bond acceptors (Lipinski definition) is 4. The smallest absolute Gasteiger partial charge is 0.144 e. The Labute approximate surface area is 130 Å². The van der Waals surface area contributed by atoms with Gasteiger partial charge < -0.3 is 10.6 Å². The molecule has 0 unspecified atom stereocenters. The summed E-state index contributed by atoms with van der Waals surface area (Å²) in [6, 6.07) is 16.0. The van der Waals surface area contributed by atoms with Crippen LogP contribution >= 0.6 is 0 Å². The summed E-state index contributed by atoms with van der Waals surface area (Å²) in [4.78, 5) is 11.5. The molecule has 2 N–H and O–H groups in total. The van der Waals surface area contributed by atoms with Gasteiger partial charge >= 0.3 is 0 Å². The first-order chi connectivity index (χ1) is 10.7. The third kappa shape index (κ3) is 2.72. The van der Waals surface area contributed by atoms with Crippen LogP contribution < -0.4 is 10.6 Å². The topological polar surface area (TPSA) is 55.0 Å². The van der Waals surface area contributed by atoms with Gasteiger partial charge in [0.2, 0.25) is 0 Å². The van der Waals surface area contributed by atoms with Gasteiger partial charge in [-0.3, -0.25) is 0 Å². The Morgan fingerprint density at radius 3 is 2.45 bits per heavy atom. The predicted octanol–water partition coefficient (Wildman–Crippen LogP) is 3.93. The van der Waals surface area contributed by atoms with Crippen molar-refractivity contribution in [3.05, 3.63) is 54.4 Å². The molecule has 112 valence electrons. The summed E-state index contributed by atoms with van der Waals surface area (Å²) in [7, 11) is 2.02.